The monoisotopic (exact) mass is 386 g/mol. The van der Waals surface area contributed by atoms with Crippen molar-refractivity contribution in [2.75, 3.05) is 11.9 Å². The van der Waals surface area contributed by atoms with E-state index < -0.39 is 17.7 Å². The average molecular weight is 386 g/mol. The summed E-state index contributed by atoms with van der Waals surface area (Å²) in [5.41, 5.74) is 1.33. The first-order valence-electron chi connectivity index (χ1n) is 8.65. The Labute approximate surface area is 160 Å². The number of rotatable bonds is 8. The zero-order valence-electron chi connectivity index (χ0n) is 14.6. The number of hydrogen-bond donors (Lipinski definition) is 1. The number of aromatic nitrogens is 1. The summed E-state index contributed by atoms with van der Waals surface area (Å²) in [5.74, 6) is -1.37. The van der Waals surface area contributed by atoms with Crippen LogP contribution in [0.3, 0.4) is 0 Å². The summed E-state index contributed by atoms with van der Waals surface area (Å²) in [6, 6.07) is 13.5. The van der Waals surface area contributed by atoms with E-state index in [2.05, 4.69) is 10.3 Å². The van der Waals surface area contributed by atoms with Gasteiger partial charge >= 0.3 is 5.97 Å². The van der Waals surface area contributed by atoms with Crippen LogP contribution in [0.2, 0.25) is 0 Å². The lowest BCUT2D eigenvalue weighted by atomic mass is 10.2. The summed E-state index contributed by atoms with van der Waals surface area (Å²) in [6.07, 6.45) is 2.55. The van der Waals surface area contributed by atoms with Crippen molar-refractivity contribution in [3.05, 3.63) is 59.4 Å². The number of ether oxygens (including phenoxy) is 1. The highest BCUT2D eigenvalue weighted by molar-refractivity contribution is 7.18. The van der Waals surface area contributed by atoms with E-state index in [0.717, 1.165) is 28.1 Å². The van der Waals surface area contributed by atoms with Crippen molar-refractivity contribution in [1.29, 1.82) is 0 Å². The minimum Gasteiger partial charge on any atom is -0.456 e. The molecule has 3 rings (SSSR count). The van der Waals surface area contributed by atoms with E-state index in [1.165, 1.54) is 18.2 Å². The zero-order chi connectivity index (χ0) is 19.1. The molecule has 140 valence electrons. The number of amides is 1. The molecule has 0 atom stereocenters. The highest BCUT2D eigenvalue weighted by atomic mass is 32.1. The second-order valence-corrected chi connectivity index (χ2v) is 7.12. The Hall–Kier alpha value is -2.80. The minimum absolute atomic E-state index is 0.248. The number of para-hydroxylation sites is 1. The van der Waals surface area contributed by atoms with Crippen molar-refractivity contribution >= 4 is 39.1 Å². The molecule has 0 bridgehead atoms. The van der Waals surface area contributed by atoms with Gasteiger partial charge in [-0.3, -0.25) is 9.59 Å². The number of benzene rings is 2. The second kappa shape index (κ2) is 9.23. The quantitative estimate of drug-likeness (QED) is 0.462. The van der Waals surface area contributed by atoms with E-state index in [1.807, 2.05) is 24.3 Å². The van der Waals surface area contributed by atoms with Crippen molar-refractivity contribution in [3.8, 4) is 0 Å². The van der Waals surface area contributed by atoms with Crippen LogP contribution >= 0.6 is 11.3 Å². The lowest BCUT2D eigenvalue weighted by Crippen LogP contribution is -2.20. The molecule has 2 aromatic carbocycles. The summed E-state index contributed by atoms with van der Waals surface area (Å²) in [7, 11) is 0. The van der Waals surface area contributed by atoms with E-state index in [0.29, 0.717) is 12.1 Å². The Morgan fingerprint density at radius 3 is 2.78 bits per heavy atom. The SMILES string of the molecule is O=C(COC(=O)CCCCc1nc2ccccc2s1)Nc1cccc(F)c1. The first kappa shape index (κ1) is 19.0. The molecule has 0 fully saturated rings. The first-order chi connectivity index (χ1) is 13.1. The van der Waals surface area contributed by atoms with Gasteiger partial charge in [-0.1, -0.05) is 18.2 Å². The topological polar surface area (TPSA) is 68.3 Å². The molecular formula is C20H19FN2O3S. The van der Waals surface area contributed by atoms with Gasteiger partial charge in [0, 0.05) is 12.1 Å². The van der Waals surface area contributed by atoms with Crippen molar-refractivity contribution in [3.63, 3.8) is 0 Å². The molecule has 7 heteroatoms. The van der Waals surface area contributed by atoms with Gasteiger partial charge in [-0.2, -0.15) is 0 Å². The number of esters is 1. The molecule has 0 radical (unpaired) electrons. The number of fused-ring (bicyclic) bond motifs is 1. The molecule has 1 N–H and O–H groups in total. The fraction of sp³-hybridized carbons (Fsp3) is 0.250. The molecule has 0 saturated carbocycles. The molecule has 0 unspecified atom stereocenters. The molecule has 1 amide bonds. The third kappa shape index (κ3) is 5.86. The van der Waals surface area contributed by atoms with Crippen LogP contribution in [0.1, 0.15) is 24.3 Å². The van der Waals surface area contributed by atoms with E-state index in [4.69, 9.17) is 4.74 Å². The predicted octanol–water partition coefficient (Wildman–Crippen LogP) is 4.33. The molecule has 0 aliphatic carbocycles. The molecule has 0 saturated heterocycles. The molecule has 5 nitrogen and oxygen atoms in total. The van der Waals surface area contributed by atoms with Crippen molar-refractivity contribution in [2.24, 2.45) is 0 Å². The van der Waals surface area contributed by atoms with Crippen LogP contribution < -0.4 is 5.32 Å². The molecule has 3 aromatic rings. The Morgan fingerprint density at radius 2 is 1.96 bits per heavy atom. The van der Waals surface area contributed by atoms with Gasteiger partial charge in [0.25, 0.3) is 5.91 Å². The van der Waals surface area contributed by atoms with Gasteiger partial charge in [0.2, 0.25) is 0 Å². The number of nitrogens with one attached hydrogen (secondary N) is 1. The lowest BCUT2D eigenvalue weighted by molar-refractivity contribution is -0.147. The average Bonchev–Trinajstić information content (AvgIpc) is 3.06. The van der Waals surface area contributed by atoms with Crippen molar-refractivity contribution in [2.45, 2.75) is 25.7 Å². The van der Waals surface area contributed by atoms with E-state index in [-0.39, 0.29) is 13.0 Å². The third-order valence-electron chi connectivity index (χ3n) is 3.83. The molecule has 27 heavy (non-hydrogen) atoms. The van der Waals surface area contributed by atoms with Crippen LogP contribution in [0.4, 0.5) is 10.1 Å². The number of unbranched alkanes of at least 4 members (excludes halogenated alkanes) is 1. The normalized spacial score (nSPS) is 10.7. The molecule has 0 aliphatic heterocycles. The van der Waals surface area contributed by atoms with Crippen molar-refractivity contribution in [1.82, 2.24) is 4.98 Å². The summed E-state index contributed by atoms with van der Waals surface area (Å²) in [6.45, 7) is -0.382. The lowest BCUT2D eigenvalue weighted by Gasteiger charge is -2.06. The number of carbonyl (C=O) groups excluding carboxylic acids is 2. The van der Waals surface area contributed by atoms with Gasteiger partial charge in [0.1, 0.15) is 5.82 Å². The van der Waals surface area contributed by atoms with Crippen LogP contribution in [0, 0.1) is 5.82 Å². The molecular weight excluding hydrogens is 367 g/mol. The van der Waals surface area contributed by atoms with Gasteiger partial charge in [0.05, 0.1) is 15.2 Å². The summed E-state index contributed by atoms with van der Waals surface area (Å²) >= 11 is 1.67. The predicted molar refractivity (Wildman–Crippen MR) is 103 cm³/mol. The minimum atomic E-state index is -0.497. The number of thiazole rings is 1. The third-order valence-corrected chi connectivity index (χ3v) is 4.93. The van der Waals surface area contributed by atoms with Gasteiger partial charge in [-0.05, 0) is 49.6 Å². The molecule has 1 aromatic heterocycles. The number of anilines is 1. The maximum absolute atomic E-state index is 13.0. The summed E-state index contributed by atoms with van der Waals surface area (Å²) < 4.78 is 19.2. The van der Waals surface area contributed by atoms with E-state index in [9.17, 15) is 14.0 Å². The van der Waals surface area contributed by atoms with E-state index >= 15 is 0 Å². The second-order valence-electron chi connectivity index (χ2n) is 6.00. The number of nitrogens with zero attached hydrogens (tertiary/aromatic N) is 1. The molecule has 1 heterocycles. The Balaban J connectivity index is 1.33. The zero-order valence-corrected chi connectivity index (χ0v) is 15.4. The molecule has 0 spiro atoms. The van der Waals surface area contributed by atoms with Crippen LogP contribution in [-0.2, 0) is 20.7 Å². The Kier molecular flexibility index (Phi) is 6.49. The highest BCUT2D eigenvalue weighted by Crippen LogP contribution is 2.22. The smallest absolute Gasteiger partial charge is 0.306 e. The van der Waals surface area contributed by atoms with Crippen LogP contribution in [0.25, 0.3) is 10.2 Å². The van der Waals surface area contributed by atoms with Gasteiger partial charge in [0.15, 0.2) is 6.61 Å². The van der Waals surface area contributed by atoms with Gasteiger partial charge in [-0.15, -0.1) is 11.3 Å². The number of aryl methyl sites for hydroxylation is 1. The highest BCUT2D eigenvalue weighted by Gasteiger charge is 2.09. The van der Waals surface area contributed by atoms with Crippen LogP contribution in [0.5, 0.6) is 0 Å². The van der Waals surface area contributed by atoms with Crippen molar-refractivity contribution < 1.29 is 18.7 Å². The number of hydrogen-bond acceptors (Lipinski definition) is 5. The van der Waals surface area contributed by atoms with Gasteiger partial charge in [-0.25, -0.2) is 9.37 Å². The maximum Gasteiger partial charge on any atom is 0.306 e. The Morgan fingerprint density at radius 1 is 1.11 bits per heavy atom. The first-order valence-corrected chi connectivity index (χ1v) is 9.47. The standard InChI is InChI=1S/C20H19FN2O3S/c21-14-6-5-7-15(12-14)22-18(24)13-26-20(25)11-4-3-10-19-23-16-8-1-2-9-17(16)27-19/h1-2,5-9,12H,3-4,10-11,13H2,(H,22,24). The van der Waals surface area contributed by atoms with E-state index in [1.54, 1.807) is 17.4 Å². The fourth-order valence-electron chi connectivity index (χ4n) is 2.55. The summed E-state index contributed by atoms with van der Waals surface area (Å²) in [4.78, 5) is 28.0. The molecule has 0 aliphatic rings. The van der Waals surface area contributed by atoms with Crippen LogP contribution in [0.15, 0.2) is 48.5 Å². The number of halogens is 1. The van der Waals surface area contributed by atoms with Crippen LogP contribution in [-0.4, -0.2) is 23.5 Å². The largest absolute Gasteiger partial charge is 0.456 e. The fourth-order valence-corrected chi connectivity index (χ4v) is 3.56. The number of carbonyl (C=O) groups is 2. The van der Waals surface area contributed by atoms with Gasteiger partial charge < -0.3 is 10.1 Å². The summed E-state index contributed by atoms with van der Waals surface area (Å²) in [5, 5.41) is 3.53. The maximum atomic E-state index is 13.0. The Bertz CT molecular complexity index is 909.